The molecule has 0 spiro atoms. The van der Waals surface area contributed by atoms with E-state index in [0.29, 0.717) is 5.56 Å². The van der Waals surface area contributed by atoms with Crippen molar-refractivity contribution in [3.05, 3.63) is 23.8 Å². The van der Waals surface area contributed by atoms with Crippen LogP contribution in [0.25, 0.3) is 0 Å². The summed E-state index contributed by atoms with van der Waals surface area (Å²) in [5, 5.41) is 8.08. The molecule has 2 rings (SSSR count). The molecule has 116 valence electrons. The maximum Gasteiger partial charge on any atom is 0.241 e. The van der Waals surface area contributed by atoms with Gasteiger partial charge in [-0.15, -0.1) is 0 Å². The molecule has 1 saturated carbocycles. The van der Waals surface area contributed by atoms with E-state index in [-0.39, 0.29) is 34.4 Å². The first-order valence-corrected chi connectivity index (χ1v) is 8.17. The number of rotatable bonds is 5. The van der Waals surface area contributed by atoms with Crippen molar-refractivity contribution in [2.24, 2.45) is 10.6 Å². The lowest BCUT2D eigenvalue weighted by Crippen LogP contribution is -2.29. The van der Waals surface area contributed by atoms with Crippen LogP contribution in [-0.4, -0.2) is 27.5 Å². The molecule has 0 aromatic heterocycles. The summed E-state index contributed by atoms with van der Waals surface area (Å²) in [5.74, 6) is 0.0427. The monoisotopic (exact) mass is 312 g/mol. The summed E-state index contributed by atoms with van der Waals surface area (Å²) >= 11 is 0. The number of primary sulfonamides is 1. The molecule has 6 nitrogen and oxygen atoms in total. The molecular formula is C14H20N2O4S. The Labute approximate surface area is 124 Å². The van der Waals surface area contributed by atoms with E-state index >= 15 is 0 Å². The van der Waals surface area contributed by atoms with Gasteiger partial charge in [-0.25, -0.2) is 13.6 Å². The number of nitrogens with two attached hydrogens (primary N) is 1. The van der Waals surface area contributed by atoms with Crippen molar-refractivity contribution in [1.29, 1.82) is 0 Å². The van der Waals surface area contributed by atoms with Crippen molar-refractivity contribution in [2.45, 2.75) is 37.6 Å². The normalized spacial score (nSPS) is 19.9. The minimum atomic E-state index is -3.89. The number of nitrogens with one attached hydrogen (secondary N) is 1. The van der Waals surface area contributed by atoms with Gasteiger partial charge >= 0.3 is 0 Å². The third-order valence-electron chi connectivity index (χ3n) is 3.75. The fraction of sp³-hybridized carbons (Fsp3) is 0.500. The summed E-state index contributed by atoms with van der Waals surface area (Å²) in [4.78, 5) is 11.8. The van der Waals surface area contributed by atoms with E-state index in [1.54, 1.807) is 6.07 Å². The Morgan fingerprint density at radius 1 is 1.48 bits per heavy atom. The molecule has 1 unspecified atom stereocenters. The Kier molecular flexibility index (Phi) is 3.99. The van der Waals surface area contributed by atoms with Crippen molar-refractivity contribution in [1.82, 2.24) is 5.32 Å². The average molecular weight is 312 g/mol. The number of methoxy groups -OCH3 is 1. The number of sulfonamides is 1. The predicted octanol–water partition coefficient (Wildman–Crippen LogP) is 0.800. The van der Waals surface area contributed by atoms with Gasteiger partial charge in [-0.1, -0.05) is 19.9 Å². The van der Waals surface area contributed by atoms with Gasteiger partial charge in [0.25, 0.3) is 0 Å². The molecule has 0 saturated heterocycles. The lowest BCUT2D eigenvalue weighted by molar-refractivity contribution is -0.120. The van der Waals surface area contributed by atoms with Crippen LogP contribution in [0.4, 0.5) is 0 Å². The molecule has 1 atom stereocenters. The van der Waals surface area contributed by atoms with Gasteiger partial charge in [0.1, 0.15) is 10.6 Å². The van der Waals surface area contributed by atoms with E-state index in [0.717, 1.165) is 6.42 Å². The van der Waals surface area contributed by atoms with Crippen LogP contribution in [0.5, 0.6) is 5.75 Å². The van der Waals surface area contributed by atoms with Crippen LogP contribution >= 0.6 is 0 Å². The maximum atomic E-state index is 11.9. The van der Waals surface area contributed by atoms with Gasteiger partial charge in [0.2, 0.25) is 15.9 Å². The minimum Gasteiger partial charge on any atom is -0.495 e. The smallest absolute Gasteiger partial charge is 0.241 e. The molecule has 1 aliphatic rings. The molecule has 21 heavy (non-hydrogen) atoms. The van der Waals surface area contributed by atoms with Crippen LogP contribution in [0.2, 0.25) is 0 Å². The molecule has 1 aliphatic carbocycles. The first-order chi connectivity index (χ1) is 9.63. The molecule has 1 fully saturated rings. The van der Waals surface area contributed by atoms with Gasteiger partial charge in [-0.2, -0.15) is 0 Å². The molecule has 3 N–H and O–H groups in total. The summed E-state index contributed by atoms with van der Waals surface area (Å²) in [6.45, 7) is 4.18. The molecule has 0 heterocycles. The summed E-state index contributed by atoms with van der Waals surface area (Å²) in [5.41, 5.74) is 0.734. The number of ether oxygens (including phenoxy) is 1. The highest BCUT2D eigenvalue weighted by Crippen LogP contribution is 2.44. The Morgan fingerprint density at radius 3 is 2.57 bits per heavy atom. The van der Waals surface area contributed by atoms with Crippen LogP contribution in [0.3, 0.4) is 0 Å². The Hall–Kier alpha value is -1.60. The number of carbonyl (C=O) groups is 1. The number of benzene rings is 1. The zero-order valence-electron chi connectivity index (χ0n) is 12.3. The van der Waals surface area contributed by atoms with Crippen LogP contribution < -0.4 is 15.2 Å². The van der Waals surface area contributed by atoms with Crippen LogP contribution in [0.1, 0.15) is 25.8 Å². The summed E-state index contributed by atoms with van der Waals surface area (Å²) in [6.07, 6.45) is 1.07. The molecule has 0 radical (unpaired) electrons. The van der Waals surface area contributed by atoms with E-state index in [1.807, 2.05) is 0 Å². The van der Waals surface area contributed by atoms with Crippen molar-refractivity contribution in [3.8, 4) is 5.75 Å². The number of hydrogen-bond acceptors (Lipinski definition) is 4. The van der Waals surface area contributed by atoms with Gasteiger partial charge < -0.3 is 10.1 Å². The van der Waals surface area contributed by atoms with Gasteiger partial charge in [0, 0.05) is 6.04 Å². The number of hydrogen-bond donors (Lipinski definition) is 2. The highest BCUT2D eigenvalue weighted by Gasteiger charge is 2.46. The van der Waals surface area contributed by atoms with Gasteiger partial charge in [0.15, 0.2) is 0 Å². The molecule has 1 aromatic carbocycles. The maximum absolute atomic E-state index is 11.9. The molecule has 1 aromatic rings. The molecule has 0 bridgehead atoms. The third-order valence-corrected chi connectivity index (χ3v) is 4.68. The van der Waals surface area contributed by atoms with Crippen LogP contribution in [0.15, 0.2) is 23.1 Å². The van der Waals surface area contributed by atoms with Gasteiger partial charge in [-0.05, 0) is 29.5 Å². The Balaban J connectivity index is 2.12. The predicted molar refractivity (Wildman–Crippen MR) is 78.4 cm³/mol. The Bertz CT molecular complexity index is 668. The van der Waals surface area contributed by atoms with Crippen molar-refractivity contribution < 1.29 is 17.9 Å². The third kappa shape index (κ3) is 3.74. The first kappa shape index (κ1) is 15.8. The van der Waals surface area contributed by atoms with E-state index in [4.69, 9.17) is 9.88 Å². The second-order valence-electron chi connectivity index (χ2n) is 6.02. The first-order valence-electron chi connectivity index (χ1n) is 6.62. The van der Waals surface area contributed by atoms with Gasteiger partial charge in [-0.3, -0.25) is 4.79 Å². The van der Waals surface area contributed by atoms with Crippen molar-refractivity contribution >= 4 is 15.9 Å². The van der Waals surface area contributed by atoms with E-state index in [1.165, 1.54) is 19.2 Å². The number of amides is 1. The second kappa shape index (κ2) is 5.31. The minimum absolute atomic E-state index is 0.109. The fourth-order valence-corrected chi connectivity index (χ4v) is 2.95. The second-order valence-corrected chi connectivity index (χ2v) is 7.55. The van der Waals surface area contributed by atoms with E-state index < -0.39 is 10.0 Å². The quantitative estimate of drug-likeness (QED) is 0.840. The SMILES string of the molecule is COc1ccc(CC(=O)NC2CC2(C)C)cc1S(N)(=O)=O. The van der Waals surface area contributed by atoms with Crippen molar-refractivity contribution in [3.63, 3.8) is 0 Å². The molecule has 0 aliphatic heterocycles. The summed E-state index contributed by atoms with van der Waals surface area (Å²) in [7, 11) is -2.52. The van der Waals surface area contributed by atoms with Crippen LogP contribution in [-0.2, 0) is 21.2 Å². The Morgan fingerprint density at radius 2 is 2.10 bits per heavy atom. The summed E-state index contributed by atoms with van der Waals surface area (Å²) in [6, 6.07) is 4.74. The average Bonchev–Trinajstić information content (AvgIpc) is 2.94. The molecule has 1 amide bonds. The van der Waals surface area contributed by atoms with Crippen LogP contribution in [0, 0.1) is 5.41 Å². The van der Waals surface area contributed by atoms with Gasteiger partial charge in [0.05, 0.1) is 13.5 Å². The highest BCUT2D eigenvalue weighted by atomic mass is 32.2. The summed E-state index contributed by atoms with van der Waals surface area (Å²) < 4.78 is 28.0. The van der Waals surface area contributed by atoms with E-state index in [9.17, 15) is 13.2 Å². The number of carbonyl (C=O) groups excluding carboxylic acids is 1. The topological polar surface area (TPSA) is 98.5 Å². The lowest BCUT2D eigenvalue weighted by atomic mass is 10.1. The molecular weight excluding hydrogens is 292 g/mol. The van der Waals surface area contributed by atoms with E-state index in [2.05, 4.69) is 19.2 Å². The van der Waals surface area contributed by atoms with Crippen molar-refractivity contribution in [2.75, 3.05) is 7.11 Å². The molecule has 7 heteroatoms. The highest BCUT2D eigenvalue weighted by molar-refractivity contribution is 7.89. The zero-order valence-corrected chi connectivity index (χ0v) is 13.2. The lowest BCUT2D eigenvalue weighted by Gasteiger charge is -2.10. The standard InChI is InChI=1S/C14H20N2O4S/c1-14(2)8-12(14)16-13(17)7-9-4-5-10(20-3)11(6-9)21(15,18)19/h4-6,12H,7-8H2,1-3H3,(H,16,17)(H2,15,18,19). The fourth-order valence-electron chi connectivity index (χ4n) is 2.20. The zero-order chi connectivity index (χ0) is 15.8. The largest absolute Gasteiger partial charge is 0.495 e.